The molecule has 0 spiro atoms. The maximum atomic E-state index is 12.7. The third-order valence-electron chi connectivity index (χ3n) is 4.90. The summed E-state index contributed by atoms with van der Waals surface area (Å²) in [5.41, 5.74) is 5.81. The molecule has 4 atom stereocenters. The second-order valence-corrected chi connectivity index (χ2v) is 7.39. The summed E-state index contributed by atoms with van der Waals surface area (Å²) in [6.45, 7) is 8.65. The average Bonchev–Trinajstić information content (AvgIpc) is 2.95. The first-order chi connectivity index (χ1) is 9.77. The van der Waals surface area contributed by atoms with E-state index in [0.29, 0.717) is 19.1 Å². The number of rotatable bonds is 3. The average molecular weight is 296 g/mol. The first-order valence-corrected chi connectivity index (χ1v) is 8.00. The van der Waals surface area contributed by atoms with Crippen LogP contribution >= 0.6 is 0 Å². The monoisotopic (exact) mass is 296 g/mol. The van der Waals surface area contributed by atoms with Gasteiger partial charge < -0.3 is 15.4 Å². The zero-order chi connectivity index (χ0) is 15.8. The van der Waals surface area contributed by atoms with E-state index in [1.54, 1.807) is 11.8 Å². The molecule has 1 saturated carbocycles. The topological polar surface area (TPSA) is 72.6 Å². The molecular weight excluding hydrogens is 268 g/mol. The first-order valence-electron chi connectivity index (χ1n) is 8.00. The number of nitrogens with zero attached hydrogens (tertiary/aromatic N) is 1. The maximum Gasteiger partial charge on any atom is 0.329 e. The van der Waals surface area contributed by atoms with Crippen molar-refractivity contribution >= 4 is 11.9 Å². The zero-order valence-electron chi connectivity index (χ0n) is 13.6. The fourth-order valence-electron chi connectivity index (χ4n) is 3.61. The van der Waals surface area contributed by atoms with Crippen molar-refractivity contribution in [2.45, 2.75) is 59.0 Å². The van der Waals surface area contributed by atoms with Crippen LogP contribution < -0.4 is 5.73 Å². The van der Waals surface area contributed by atoms with Crippen molar-refractivity contribution in [1.82, 2.24) is 4.90 Å². The minimum Gasteiger partial charge on any atom is -0.464 e. The highest BCUT2D eigenvalue weighted by Gasteiger charge is 2.51. The molecule has 2 aliphatic rings. The van der Waals surface area contributed by atoms with Gasteiger partial charge in [0.2, 0.25) is 5.91 Å². The number of likely N-dealkylation sites (tertiary alicyclic amines) is 1. The molecule has 2 rings (SSSR count). The predicted octanol–water partition coefficient (Wildman–Crippen LogP) is 1.55. The fraction of sp³-hybridized carbons (Fsp3) is 0.875. The molecule has 1 aliphatic carbocycles. The number of esters is 1. The van der Waals surface area contributed by atoms with Gasteiger partial charge in [0, 0.05) is 6.54 Å². The first kappa shape index (κ1) is 16.3. The third-order valence-corrected chi connectivity index (χ3v) is 4.90. The molecule has 0 bridgehead atoms. The zero-order valence-corrected chi connectivity index (χ0v) is 13.6. The summed E-state index contributed by atoms with van der Waals surface area (Å²) in [6, 6.07) is -1.02. The summed E-state index contributed by atoms with van der Waals surface area (Å²) in [5, 5.41) is 0. The summed E-state index contributed by atoms with van der Waals surface area (Å²) >= 11 is 0. The molecule has 0 radical (unpaired) electrons. The van der Waals surface area contributed by atoms with Crippen molar-refractivity contribution in [3.63, 3.8) is 0 Å². The quantitative estimate of drug-likeness (QED) is 0.802. The number of amides is 1. The third kappa shape index (κ3) is 3.07. The summed E-state index contributed by atoms with van der Waals surface area (Å²) in [6.07, 6.45) is 3.23. The van der Waals surface area contributed by atoms with Crippen LogP contribution in [0.4, 0.5) is 0 Å². The maximum absolute atomic E-state index is 12.7. The fourth-order valence-corrected chi connectivity index (χ4v) is 3.61. The molecule has 120 valence electrons. The minimum absolute atomic E-state index is 0.116. The van der Waals surface area contributed by atoms with Gasteiger partial charge in [-0.15, -0.1) is 0 Å². The van der Waals surface area contributed by atoms with Crippen LogP contribution in [0.3, 0.4) is 0 Å². The number of carbonyl (C=O) groups is 2. The standard InChI is InChI=1S/C16H28N2O3/c1-5-21-15(20)12-11-8-6-7-10(11)9-18(12)14(19)13(17)16(2,3)4/h10-13H,5-9,17H2,1-4H3/t10-,11-,12-,13+/m0/s1. The molecule has 0 aromatic heterocycles. The van der Waals surface area contributed by atoms with Crippen LogP contribution in [-0.2, 0) is 14.3 Å². The van der Waals surface area contributed by atoms with E-state index < -0.39 is 12.1 Å². The highest BCUT2D eigenvalue weighted by Crippen LogP contribution is 2.43. The van der Waals surface area contributed by atoms with E-state index in [4.69, 9.17) is 10.5 Å². The largest absolute Gasteiger partial charge is 0.464 e. The van der Waals surface area contributed by atoms with E-state index >= 15 is 0 Å². The van der Waals surface area contributed by atoms with Gasteiger partial charge in [0.15, 0.2) is 0 Å². The second-order valence-electron chi connectivity index (χ2n) is 7.39. The lowest BCUT2D eigenvalue weighted by Crippen LogP contribution is -2.54. The summed E-state index contributed by atoms with van der Waals surface area (Å²) in [4.78, 5) is 26.8. The number of hydrogen-bond donors (Lipinski definition) is 1. The van der Waals surface area contributed by atoms with Crippen molar-refractivity contribution in [2.24, 2.45) is 23.0 Å². The molecule has 2 N–H and O–H groups in total. The molecule has 1 saturated heterocycles. The van der Waals surface area contributed by atoms with Gasteiger partial charge in [0.05, 0.1) is 12.6 Å². The van der Waals surface area contributed by atoms with E-state index in [1.165, 1.54) is 0 Å². The Morgan fingerprint density at radius 2 is 2.00 bits per heavy atom. The molecule has 5 heteroatoms. The lowest BCUT2D eigenvalue weighted by atomic mass is 9.86. The van der Waals surface area contributed by atoms with Crippen LogP contribution in [0, 0.1) is 17.3 Å². The SMILES string of the molecule is CCOC(=O)[C@@H]1[C@H]2CCC[C@H]2CN1C(=O)[C@@H](N)C(C)(C)C. The van der Waals surface area contributed by atoms with Gasteiger partial charge in [-0.3, -0.25) is 4.79 Å². The van der Waals surface area contributed by atoms with E-state index in [0.717, 1.165) is 19.3 Å². The predicted molar refractivity (Wildman–Crippen MR) is 80.4 cm³/mol. The van der Waals surface area contributed by atoms with Gasteiger partial charge in [-0.2, -0.15) is 0 Å². The number of ether oxygens (including phenoxy) is 1. The molecule has 0 aromatic rings. The lowest BCUT2D eigenvalue weighted by molar-refractivity contribution is -0.155. The second kappa shape index (κ2) is 5.95. The molecule has 1 amide bonds. The Morgan fingerprint density at radius 1 is 1.33 bits per heavy atom. The van der Waals surface area contributed by atoms with Crippen LogP contribution in [0.2, 0.25) is 0 Å². The van der Waals surface area contributed by atoms with Crippen molar-refractivity contribution < 1.29 is 14.3 Å². The number of nitrogens with two attached hydrogens (primary N) is 1. The Kier molecular flexibility index (Phi) is 4.61. The van der Waals surface area contributed by atoms with Gasteiger partial charge in [-0.25, -0.2) is 4.79 Å². The Balaban J connectivity index is 2.20. The van der Waals surface area contributed by atoms with E-state index in [2.05, 4.69) is 0 Å². The van der Waals surface area contributed by atoms with Crippen molar-refractivity contribution in [3.8, 4) is 0 Å². The molecule has 5 nitrogen and oxygen atoms in total. The van der Waals surface area contributed by atoms with Crippen molar-refractivity contribution in [3.05, 3.63) is 0 Å². The molecule has 21 heavy (non-hydrogen) atoms. The van der Waals surface area contributed by atoms with E-state index in [-0.39, 0.29) is 23.2 Å². The number of fused-ring (bicyclic) bond motifs is 1. The van der Waals surface area contributed by atoms with Crippen molar-refractivity contribution in [2.75, 3.05) is 13.2 Å². The minimum atomic E-state index is -0.590. The van der Waals surface area contributed by atoms with Gasteiger partial charge in [0.1, 0.15) is 6.04 Å². The van der Waals surface area contributed by atoms with Crippen LogP contribution in [0.25, 0.3) is 0 Å². The number of hydrogen-bond acceptors (Lipinski definition) is 4. The summed E-state index contributed by atoms with van der Waals surface area (Å²) in [5.74, 6) is 0.298. The molecular formula is C16H28N2O3. The van der Waals surface area contributed by atoms with E-state index in [1.807, 2.05) is 20.8 Å². The highest BCUT2D eigenvalue weighted by molar-refractivity contribution is 5.89. The van der Waals surface area contributed by atoms with Crippen LogP contribution in [0.1, 0.15) is 47.0 Å². The lowest BCUT2D eigenvalue weighted by Gasteiger charge is -2.33. The van der Waals surface area contributed by atoms with Gasteiger partial charge >= 0.3 is 5.97 Å². The number of carbonyl (C=O) groups excluding carboxylic acids is 2. The van der Waals surface area contributed by atoms with Crippen LogP contribution in [0.5, 0.6) is 0 Å². The highest BCUT2D eigenvalue weighted by atomic mass is 16.5. The van der Waals surface area contributed by atoms with Crippen LogP contribution in [0.15, 0.2) is 0 Å². The summed E-state index contributed by atoms with van der Waals surface area (Å²) < 4.78 is 5.21. The normalized spacial score (nSPS) is 30.1. The van der Waals surface area contributed by atoms with Crippen molar-refractivity contribution in [1.29, 1.82) is 0 Å². The molecule has 1 aliphatic heterocycles. The van der Waals surface area contributed by atoms with Gasteiger partial charge in [0.25, 0.3) is 0 Å². The Morgan fingerprint density at radius 3 is 2.57 bits per heavy atom. The van der Waals surface area contributed by atoms with Gasteiger partial charge in [-0.1, -0.05) is 27.2 Å². The van der Waals surface area contributed by atoms with E-state index in [9.17, 15) is 9.59 Å². The Hall–Kier alpha value is -1.10. The Labute approximate surface area is 127 Å². The smallest absolute Gasteiger partial charge is 0.329 e. The molecule has 1 heterocycles. The molecule has 0 aromatic carbocycles. The van der Waals surface area contributed by atoms with Crippen LogP contribution in [-0.4, -0.2) is 42.0 Å². The molecule has 0 unspecified atom stereocenters. The summed E-state index contributed by atoms with van der Waals surface area (Å²) in [7, 11) is 0. The Bertz CT molecular complexity index is 416. The van der Waals surface area contributed by atoms with Gasteiger partial charge in [-0.05, 0) is 37.0 Å². The molecule has 2 fully saturated rings.